The van der Waals surface area contributed by atoms with Crippen molar-refractivity contribution in [3.63, 3.8) is 0 Å². The zero-order valence-corrected chi connectivity index (χ0v) is 12.4. The molecule has 0 aliphatic carbocycles. The molecule has 3 atom stereocenters. The Bertz CT molecular complexity index is 316. The second kappa shape index (κ2) is 7.58. The lowest BCUT2D eigenvalue weighted by atomic mass is 9.74. The predicted octanol–water partition coefficient (Wildman–Crippen LogP) is 4.58. The lowest BCUT2D eigenvalue weighted by Gasteiger charge is -2.34. The van der Waals surface area contributed by atoms with Gasteiger partial charge in [0.15, 0.2) is 0 Å². The molecule has 0 saturated heterocycles. The molecule has 0 radical (unpaired) electrons. The van der Waals surface area contributed by atoms with E-state index in [1.54, 1.807) is 0 Å². The standard InChI is InChI=1S/C17H29N/c1-5-13(4)16(15-11-9-8-10-12-15)17(18)14(6-2)7-3/h8-14,16-17H,5-7,18H2,1-4H3. The van der Waals surface area contributed by atoms with E-state index in [1.807, 2.05) is 0 Å². The van der Waals surface area contributed by atoms with Crippen LogP contribution in [0.15, 0.2) is 30.3 Å². The van der Waals surface area contributed by atoms with Gasteiger partial charge in [-0.2, -0.15) is 0 Å². The maximum atomic E-state index is 6.59. The third kappa shape index (κ3) is 3.58. The second-order valence-electron chi connectivity index (χ2n) is 5.48. The van der Waals surface area contributed by atoms with Gasteiger partial charge < -0.3 is 5.73 Å². The highest BCUT2D eigenvalue weighted by molar-refractivity contribution is 5.22. The molecule has 18 heavy (non-hydrogen) atoms. The summed E-state index contributed by atoms with van der Waals surface area (Å²) in [6.45, 7) is 9.11. The Labute approximate surface area is 113 Å². The molecular weight excluding hydrogens is 218 g/mol. The minimum atomic E-state index is 0.275. The van der Waals surface area contributed by atoms with Crippen LogP contribution in [0.25, 0.3) is 0 Å². The zero-order valence-electron chi connectivity index (χ0n) is 12.4. The van der Waals surface area contributed by atoms with E-state index in [0.717, 1.165) is 0 Å². The lowest BCUT2D eigenvalue weighted by molar-refractivity contribution is 0.287. The van der Waals surface area contributed by atoms with Crippen LogP contribution in [0, 0.1) is 11.8 Å². The number of rotatable bonds is 7. The molecule has 2 N–H and O–H groups in total. The normalized spacial score (nSPS) is 16.6. The van der Waals surface area contributed by atoms with Crippen molar-refractivity contribution in [1.82, 2.24) is 0 Å². The number of nitrogens with two attached hydrogens (primary N) is 1. The molecule has 1 aromatic rings. The minimum absolute atomic E-state index is 0.275. The smallest absolute Gasteiger partial charge is 0.0139 e. The Morgan fingerprint density at radius 1 is 0.944 bits per heavy atom. The first-order chi connectivity index (χ1) is 8.65. The third-order valence-electron chi connectivity index (χ3n) is 4.45. The van der Waals surface area contributed by atoms with Gasteiger partial charge in [0, 0.05) is 12.0 Å². The van der Waals surface area contributed by atoms with E-state index in [-0.39, 0.29) is 6.04 Å². The molecule has 3 unspecified atom stereocenters. The molecule has 0 bridgehead atoms. The average Bonchev–Trinajstić information content (AvgIpc) is 2.41. The molecule has 0 saturated carbocycles. The van der Waals surface area contributed by atoms with Crippen molar-refractivity contribution in [1.29, 1.82) is 0 Å². The van der Waals surface area contributed by atoms with Gasteiger partial charge in [0.25, 0.3) is 0 Å². The molecule has 0 fully saturated rings. The Morgan fingerprint density at radius 3 is 1.94 bits per heavy atom. The van der Waals surface area contributed by atoms with Crippen LogP contribution >= 0.6 is 0 Å². The van der Waals surface area contributed by atoms with Crippen LogP contribution in [-0.4, -0.2) is 6.04 Å². The zero-order chi connectivity index (χ0) is 13.5. The first-order valence-electron chi connectivity index (χ1n) is 7.46. The van der Waals surface area contributed by atoms with Gasteiger partial charge in [-0.05, 0) is 17.4 Å². The van der Waals surface area contributed by atoms with Crippen molar-refractivity contribution in [3.8, 4) is 0 Å². The summed E-state index contributed by atoms with van der Waals surface area (Å²) in [5, 5.41) is 0. The van der Waals surface area contributed by atoms with E-state index in [0.29, 0.717) is 17.8 Å². The summed E-state index contributed by atoms with van der Waals surface area (Å²) in [7, 11) is 0. The van der Waals surface area contributed by atoms with E-state index < -0.39 is 0 Å². The molecule has 1 rings (SSSR count). The average molecular weight is 247 g/mol. The highest BCUT2D eigenvalue weighted by Crippen LogP contribution is 2.34. The summed E-state index contributed by atoms with van der Waals surface area (Å²) < 4.78 is 0. The van der Waals surface area contributed by atoms with Gasteiger partial charge >= 0.3 is 0 Å². The van der Waals surface area contributed by atoms with Gasteiger partial charge in [0.2, 0.25) is 0 Å². The van der Waals surface area contributed by atoms with E-state index >= 15 is 0 Å². The predicted molar refractivity (Wildman–Crippen MR) is 80.7 cm³/mol. The molecule has 1 heteroatoms. The van der Waals surface area contributed by atoms with Gasteiger partial charge in [-0.25, -0.2) is 0 Å². The highest BCUT2D eigenvalue weighted by Gasteiger charge is 2.28. The van der Waals surface area contributed by atoms with E-state index in [9.17, 15) is 0 Å². The van der Waals surface area contributed by atoms with Gasteiger partial charge in [-0.15, -0.1) is 0 Å². The van der Waals surface area contributed by atoms with Crippen molar-refractivity contribution in [2.24, 2.45) is 17.6 Å². The van der Waals surface area contributed by atoms with Crippen molar-refractivity contribution < 1.29 is 0 Å². The molecule has 1 aromatic carbocycles. The van der Waals surface area contributed by atoms with Gasteiger partial charge in [-0.3, -0.25) is 0 Å². The Morgan fingerprint density at radius 2 is 1.50 bits per heavy atom. The summed E-state index contributed by atoms with van der Waals surface area (Å²) in [6, 6.07) is 11.1. The second-order valence-corrected chi connectivity index (χ2v) is 5.48. The first-order valence-corrected chi connectivity index (χ1v) is 7.46. The molecule has 1 nitrogen and oxygen atoms in total. The van der Waals surface area contributed by atoms with E-state index in [1.165, 1.54) is 24.8 Å². The van der Waals surface area contributed by atoms with Crippen LogP contribution in [0.1, 0.15) is 58.4 Å². The monoisotopic (exact) mass is 247 g/mol. The maximum Gasteiger partial charge on any atom is 0.0139 e. The fourth-order valence-corrected chi connectivity index (χ4v) is 2.99. The van der Waals surface area contributed by atoms with E-state index in [2.05, 4.69) is 58.0 Å². The summed E-state index contributed by atoms with van der Waals surface area (Å²) in [5.41, 5.74) is 8.00. The summed E-state index contributed by atoms with van der Waals surface area (Å²) in [4.78, 5) is 0. The lowest BCUT2D eigenvalue weighted by Crippen LogP contribution is -2.38. The Kier molecular flexibility index (Phi) is 6.42. The number of hydrogen-bond donors (Lipinski definition) is 1. The molecule has 0 spiro atoms. The molecule has 0 amide bonds. The van der Waals surface area contributed by atoms with Crippen LogP contribution in [0.4, 0.5) is 0 Å². The highest BCUT2D eigenvalue weighted by atomic mass is 14.7. The summed E-state index contributed by atoms with van der Waals surface area (Å²) >= 11 is 0. The minimum Gasteiger partial charge on any atom is -0.327 e. The molecule has 0 heterocycles. The largest absolute Gasteiger partial charge is 0.327 e. The van der Waals surface area contributed by atoms with E-state index in [4.69, 9.17) is 5.73 Å². The van der Waals surface area contributed by atoms with Crippen molar-refractivity contribution in [3.05, 3.63) is 35.9 Å². The number of hydrogen-bond acceptors (Lipinski definition) is 1. The number of benzene rings is 1. The van der Waals surface area contributed by atoms with Gasteiger partial charge in [0.05, 0.1) is 0 Å². The van der Waals surface area contributed by atoms with Crippen LogP contribution in [0.2, 0.25) is 0 Å². The SMILES string of the molecule is CCC(C)C(c1ccccc1)C(N)C(CC)CC. The first kappa shape index (κ1) is 15.2. The van der Waals surface area contributed by atoms with Crippen LogP contribution in [0.3, 0.4) is 0 Å². The van der Waals surface area contributed by atoms with Gasteiger partial charge in [-0.1, -0.05) is 77.3 Å². The molecule has 0 aromatic heterocycles. The summed E-state index contributed by atoms with van der Waals surface area (Å²) in [5.74, 6) is 1.76. The van der Waals surface area contributed by atoms with Crippen LogP contribution < -0.4 is 5.73 Å². The third-order valence-corrected chi connectivity index (χ3v) is 4.45. The Hall–Kier alpha value is -0.820. The molecular formula is C17H29N. The summed E-state index contributed by atoms with van der Waals surface area (Å²) in [6.07, 6.45) is 3.54. The maximum absolute atomic E-state index is 6.59. The van der Waals surface area contributed by atoms with Crippen LogP contribution in [-0.2, 0) is 0 Å². The quantitative estimate of drug-likeness (QED) is 0.750. The van der Waals surface area contributed by atoms with Gasteiger partial charge in [0.1, 0.15) is 0 Å². The Balaban J connectivity index is 2.98. The fourth-order valence-electron chi connectivity index (χ4n) is 2.99. The van der Waals surface area contributed by atoms with Crippen molar-refractivity contribution in [2.45, 2.75) is 58.9 Å². The van der Waals surface area contributed by atoms with Crippen molar-refractivity contribution in [2.75, 3.05) is 0 Å². The topological polar surface area (TPSA) is 26.0 Å². The molecule has 0 aliphatic heterocycles. The molecule has 0 aliphatic rings. The molecule has 102 valence electrons. The van der Waals surface area contributed by atoms with Crippen molar-refractivity contribution >= 4 is 0 Å². The fraction of sp³-hybridized carbons (Fsp3) is 0.647. The van der Waals surface area contributed by atoms with Crippen LogP contribution in [0.5, 0.6) is 0 Å².